The van der Waals surface area contributed by atoms with E-state index in [1.165, 1.54) is 11.3 Å². The van der Waals surface area contributed by atoms with Crippen LogP contribution in [0.1, 0.15) is 11.3 Å². The molecule has 0 aliphatic rings. The van der Waals surface area contributed by atoms with Crippen LogP contribution in [-0.2, 0) is 11.5 Å². The molecule has 21 heavy (non-hydrogen) atoms. The second-order valence-electron chi connectivity index (χ2n) is 4.38. The lowest BCUT2D eigenvalue weighted by Crippen LogP contribution is -2.12. The third kappa shape index (κ3) is 3.43. The zero-order valence-corrected chi connectivity index (χ0v) is 13.9. The molecule has 2 heterocycles. The first-order valence-corrected chi connectivity index (χ1v) is 8.90. The zero-order valence-electron chi connectivity index (χ0n) is 10.8. The van der Waals surface area contributed by atoms with Gasteiger partial charge in [-0.3, -0.25) is 9.20 Å². The van der Waals surface area contributed by atoms with E-state index in [0.29, 0.717) is 15.8 Å². The molecule has 3 nitrogen and oxygen atoms in total. The van der Waals surface area contributed by atoms with E-state index in [9.17, 15) is 4.79 Å². The lowest BCUT2D eigenvalue weighted by molar-refractivity contribution is 1.04. The highest BCUT2D eigenvalue weighted by atomic mass is 35.5. The van der Waals surface area contributed by atoms with Gasteiger partial charge in [-0.05, 0) is 17.7 Å². The van der Waals surface area contributed by atoms with E-state index in [2.05, 4.69) is 4.98 Å². The molecule has 0 saturated carbocycles. The van der Waals surface area contributed by atoms with Crippen molar-refractivity contribution in [3.63, 3.8) is 0 Å². The van der Waals surface area contributed by atoms with Gasteiger partial charge in [0.25, 0.3) is 5.56 Å². The molecule has 0 aliphatic heterocycles. The molecule has 0 spiro atoms. The molecule has 0 unspecified atom stereocenters. The minimum atomic E-state index is -0.0358. The summed E-state index contributed by atoms with van der Waals surface area (Å²) in [6.45, 7) is 0. The highest BCUT2D eigenvalue weighted by molar-refractivity contribution is 7.97. The van der Waals surface area contributed by atoms with Crippen molar-refractivity contribution >= 4 is 51.3 Å². The van der Waals surface area contributed by atoms with Gasteiger partial charge in [0.2, 0.25) is 0 Å². The molecule has 108 valence electrons. The number of thioether (sulfide) groups is 1. The van der Waals surface area contributed by atoms with Crippen molar-refractivity contribution in [1.29, 1.82) is 0 Å². The monoisotopic (exact) mass is 356 g/mol. The Morgan fingerprint density at radius 1 is 1.19 bits per heavy atom. The Kier molecular flexibility index (Phi) is 4.54. The van der Waals surface area contributed by atoms with E-state index in [1.54, 1.807) is 34.5 Å². The first-order chi connectivity index (χ1) is 10.1. The van der Waals surface area contributed by atoms with E-state index >= 15 is 0 Å². The van der Waals surface area contributed by atoms with Gasteiger partial charge < -0.3 is 0 Å². The van der Waals surface area contributed by atoms with Crippen molar-refractivity contribution < 1.29 is 0 Å². The molecule has 0 radical (unpaired) electrons. The molecule has 1 aromatic carbocycles. The van der Waals surface area contributed by atoms with E-state index in [-0.39, 0.29) is 5.56 Å². The Morgan fingerprint density at radius 2 is 2.05 bits per heavy atom. The normalized spacial score (nSPS) is 11.1. The van der Waals surface area contributed by atoms with Gasteiger partial charge in [0.1, 0.15) is 0 Å². The summed E-state index contributed by atoms with van der Waals surface area (Å²) in [4.78, 5) is 17.1. The molecule has 0 amide bonds. The van der Waals surface area contributed by atoms with E-state index in [4.69, 9.17) is 23.2 Å². The summed E-state index contributed by atoms with van der Waals surface area (Å²) in [5, 5.41) is 2.98. The van der Waals surface area contributed by atoms with Gasteiger partial charge in [0.15, 0.2) is 4.96 Å². The van der Waals surface area contributed by atoms with Crippen molar-refractivity contribution in [2.24, 2.45) is 0 Å². The molecular formula is C14H10Cl2N2OS2. The predicted octanol–water partition coefficient (Wildman–Crippen LogP) is 4.50. The Morgan fingerprint density at radius 3 is 2.86 bits per heavy atom. The number of aromatic nitrogens is 2. The topological polar surface area (TPSA) is 34.4 Å². The van der Waals surface area contributed by atoms with Crippen LogP contribution in [0.15, 0.2) is 40.6 Å². The fraction of sp³-hybridized carbons (Fsp3) is 0.143. The summed E-state index contributed by atoms with van der Waals surface area (Å²) in [6, 6.07) is 7.19. The summed E-state index contributed by atoms with van der Waals surface area (Å²) in [6.07, 6.45) is 1.74. The van der Waals surface area contributed by atoms with Crippen molar-refractivity contribution in [3.8, 4) is 0 Å². The second kappa shape index (κ2) is 6.40. The highest BCUT2D eigenvalue weighted by Gasteiger charge is 2.04. The van der Waals surface area contributed by atoms with Crippen molar-refractivity contribution in [2.75, 3.05) is 0 Å². The number of thiazole rings is 1. The summed E-state index contributed by atoms with van der Waals surface area (Å²) in [5.74, 6) is 1.48. The van der Waals surface area contributed by atoms with Crippen LogP contribution in [0.2, 0.25) is 10.0 Å². The van der Waals surface area contributed by atoms with Crippen LogP contribution in [0.4, 0.5) is 0 Å². The van der Waals surface area contributed by atoms with Gasteiger partial charge in [0, 0.05) is 29.1 Å². The fourth-order valence-corrected chi connectivity index (χ4v) is 3.80. The first kappa shape index (κ1) is 14.9. The Hall–Kier alpha value is -1.01. The minimum Gasteiger partial charge on any atom is -0.269 e. The van der Waals surface area contributed by atoms with Crippen molar-refractivity contribution in [1.82, 2.24) is 9.38 Å². The third-order valence-electron chi connectivity index (χ3n) is 2.86. The van der Waals surface area contributed by atoms with Crippen LogP contribution in [0.5, 0.6) is 0 Å². The van der Waals surface area contributed by atoms with Gasteiger partial charge in [-0.15, -0.1) is 11.3 Å². The standard InChI is InChI=1S/C14H10Cl2N2OS2/c15-11-2-1-9(5-12(11)16)7-20-8-10-6-13(19)18-3-4-21-14(18)17-10/h1-6H,7-8H2. The Labute approximate surface area is 139 Å². The largest absolute Gasteiger partial charge is 0.269 e. The molecule has 3 rings (SSSR count). The zero-order chi connectivity index (χ0) is 14.8. The van der Waals surface area contributed by atoms with Crippen LogP contribution in [0.25, 0.3) is 4.96 Å². The van der Waals surface area contributed by atoms with Crippen molar-refractivity contribution in [2.45, 2.75) is 11.5 Å². The lowest BCUT2D eigenvalue weighted by atomic mass is 10.2. The number of rotatable bonds is 4. The van der Waals surface area contributed by atoms with E-state index in [1.807, 2.05) is 17.5 Å². The molecule has 0 atom stereocenters. The van der Waals surface area contributed by atoms with Crippen LogP contribution in [0.3, 0.4) is 0 Å². The maximum Gasteiger partial charge on any atom is 0.258 e. The number of hydrogen-bond donors (Lipinski definition) is 0. The maximum atomic E-state index is 11.9. The van der Waals surface area contributed by atoms with Crippen LogP contribution in [-0.4, -0.2) is 9.38 Å². The molecule has 0 fully saturated rings. The first-order valence-electron chi connectivity index (χ1n) is 6.11. The molecule has 0 N–H and O–H groups in total. The summed E-state index contributed by atoms with van der Waals surface area (Å²) < 4.78 is 1.55. The summed E-state index contributed by atoms with van der Waals surface area (Å²) in [5.41, 5.74) is 1.86. The SMILES string of the molecule is O=c1cc(CSCc2ccc(Cl)c(Cl)c2)nc2sccn12. The number of fused-ring (bicyclic) bond motifs is 1. The average Bonchev–Trinajstić information content (AvgIpc) is 2.92. The smallest absolute Gasteiger partial charge is 0.258 e. The molecule has 3 aromatic rings. The molecular weight excluding hydrogens is 347 g/mol. The molecule has 0 aliphatic carbocycles. The second-order valence-corrected chi connectivity index (χ2v) is 7.06. The van der Waals surface area contributed by atoms with Crippen molar-refractivity contribution in [3.05, 3.63) is 67.5 Å². The molecule has 7 heteroatoms. The molecule has 2 aromatic heterocycles. The van der Waals surface area contributed by atoms with Crippen LogP contribution < -0.4 is 5.56 Å². The average molecular weight is 357 g/mol. The van der Waals surface area contributed by atoms with Gasteiger partial charge in [-0.25, -0.2) is 4.98 Å². The summed E-state index contributed by atoms with van der Waals surface area (Å²) in [7, 11) is 0. The maximum absolute atomic E-state index is 11.9. The third-order valence-corrected chi connectivity index (χ3v) is 5.39. The molecule has 0 bridgehead atoms. The van der Waals surface area contributed by atoms with Gasteiger partial charge in [-0.2, -0.15) is 11.8 Å². The highest BCUT2D eigenvalue weighted by Crippen LogP contribution is 2.25. The molecule has 0 saturated heterocycles. The van der Waals surface area contributed by atoms with E-state index < -0.39 is 0 Å². The number of halogens is 2. The van der Waals surface area contributed by atoms with Crippen LogP contribution in [0, 0.1) is 0 Å². The fourth-order valence-electron chi connectivity index (χ4n) is 1.86. The van der Waals surface area contributed by atoms with Gasteiger partial charge >= 0.3 is 0 Å². The lowest BCUT2D eigenvalue weighted by Gasteiger charge is -2.04. The Bertz CT molecular complexity index is 844. The summed E-state index contributed by atoms with van der Waals surface area (Å²) >= 11 is 15.0. The predicted molar refractivity (Wildman–Crippen MR) is 90.8 cm³/mol. The van der Waals surface area contributed by atoms with Crippen LogP contribution >= 0.6 is 46.3 Å². The number of hydrogen-bond acceptors (Lipinski definition) is 4. The number of benzene rings is 1. The van der Waals surface area contributed by atoms with Gasteiger partial charge in [-0.1, -0.05) is 29.3 Å². The van der Waals surface area contributed by atoms with Gasteiger partial charge in [0.05, 0.1) is 15.7 Å². The minimum absolute atomic E-state index is 0.0358. The Balaban J connectivity index is 1.68. The quantitative estimate of drug-likeness (QED) is 0.690. The van der Waals surface area contributed by atoms with E-state index in [0.717, 1.165) is 22.0 Å². The number of nitrogens with zero attached hydrogens (tertiary/aromatic N) is 2.